The standard InChI is InChI=1S/C17H24NO2S/c1-17(2,3)20-16(19)18-15-11-7-8-13(15)12-21(18)14-9-5-4-6-10-14/h4-6,9-10,13,15H,7-8,11-12H2,1-3H3/q+1/t13-,15-,21?/m0/s1. The second-order valence-corrected chi connectivity index (χ2v) is 8.84. The van der Waals surface area contributed by atoms with Gasteiger partial charge in [-0.3, -0.25) is 0 Å². The van der Waals surface area contributed by atoms with Crippen LogP contribution in [0.25, 0.3) is 0 Å². The van der Waals surface area contributed by atoms with E-state index in [2.05, 4.69) is 28.6 Å². The van der Waals surface area contributed by atoms with Crippen molar-refractivity contribution in [1.29, 1.82) is 0 Å². The van der Waals surface area contributed by atoms with Crippen LogP contribution in [0.1, 0.15) is 40.0 Å². The first kappa shape index (κ1) is 14.8. The molecule has 0 radical (unpaired) electrons. The molecule has 1 aliphatic carbocycles. The van der Waals surface area contributed by atoms with E-state index in [1.54, 1.807) is 0 Å². The predicted molar refractivity (Wildman–Crippen MR) is 86.1 cm³/mol. The van der Waals surface area contributed by atoms with Gasteiger partial charge in [0.15, 0.2) is 4.90 Å². The average molecular weight is 306 g/mol. The molecule has 1 saturated heterocycles. The molecule has 1 amide bonds. The van der Waals surface area contributed by atoms with E-state index in [0.29, 0.717) is 12.0 Å². The van der Waals surface area contributed by atoms with Crippen molar-refractivity contribution >= 4 is 17.2 Å². The lowest BCUT2D eigenvalue weighted by Crippen LogP contribution is -2.42. The van der Waals surface area contributed by atoms with E-state index in [0.717, 1.165) is 12.2 Å². The first-order valence-electron chi connectivity index (χ1n) is 7.74. The molecular weight excluding hydrogens is 282 g/mol. The normalized spacial score (nSPS) is 28.5. The van der Waals surface area contributed by atoms with Crippen molar-refractivity contribution in [2.45, 2.75) is 56.6 Å². The van der Waals surface area contributed by atoms with E-state index < -0.39 is 5.60 Å². The van der Waals surface area contributed by atoms with Crippen molar-refractivity contribution in [3.63, 3.8) is 0 Å². The maximum atomic E-state index is 12.7. The summed E-state index contributed by atoms with van der Waals surface area (Å²) in [6, 6.07) is 10.8. The summed E-state index contributed by atoms with van der Waals surface area (Å²) < 4.78 is 7.73. The maximum absolute atomic E-state index is 12.7. The van der Waals surface area contributed by atoms with Gasteiger partial charge in [-0.05, 0) is 45.7 Å². The molecule has 0 bridgehead atoms. The van der Waals surface area contributed by atoms with Crippen molar-refractivity contribution in [1.82, 2.24) is 4.31 Å². The molecule has 3 nitrogen and oxygen atoms in total. The summed E-state index contributed by atoms with van der Waals surface area (Å²) in [5, 5.41) is 0. The highest BCUT2D eigenvalue weighted by Gasteiger charge is 2.56. The molecule has 1 aromatic rings. The Labute approximate surface area is 130 Å². The van der Waals surface area contributed by atoms with Crippen LogP contribution in [0.5, 0.6) is 0 Å². The number of fused-ring (bicyclic) bond motifs is 1. The molecule has 2 aliphatic rings. The maximum Gasteiger partial charge on any atom is 0.452 e. The van der Waals surface area contributed by atoms with Crippen LogP contribution < -0.4 is 0 Å². The van der Waals surface area contributed by atoms with Crippen LogP contribution in [0.3, 0.4) is 0 Å². The third kappa shape index (κ3) is 3.05. The van der Waals surface area contributed by atoms with Gasteiger partial charge in [0.05, 0.1) is 6.04 Å². The van der Waals surface area contributed by atoms with E-state index in [1.165, 1.54) is 17.7 Å². The van der Waals surface area contributed by atoms with Crippen molar-refractivity contribution in [3.05, 3.63) is 30.3 Å². The van der Waals surface area contributed by atoms with Crippen LogP contribution in [0.15, 0.2) is 35.2 Å². The minimum absolute atomic E-state index is 0.135. The summed E-state index contributed by atoms with van der Waals surface area (Å²) in [6.07, 6.45) is 3.48. The predicted octanol–water partition coefficient (Wildman–Crippen LogP) is 4.00. The highest BCUT2D eigenvalue weighted by molar-refractivity contribution is 7.95. The molecule has 1 aliphatic heterocycles. The van der Waals surface area contributed by atoms with Crippen LogP contribution in [-0.4, -0.2) is 27.8 Å². The molecule has 3 rings (SSSR count). The molecule has 1 saturated carbocycles. The van der Waals surface area contributed by atoms with Gasteiger partial charge in [0.25, 0.3) is 0 Å². The van der Waals surface area contributed by atoms with Crippen LogP contribution in [0.2, 0.25) is 0 Å². The van der Waals surface area contributed by atoms with Gasteiger partial charge in [0.1, 0.15) is 22.4 Å². The molecule has 1 unspecified atom stereocenters. The highest BCUT2D eigenvalue weighted by atomic mass is 32.2. The van der Waals surface area contributed by atoms with Gasteiger partial charge in [-0.15, -0.1) is 4.31 Å². The molecule has 0 spiro atoms. The second kappa shape index (κ2) is 5.56. The minimum Gasteiger partial charge on any atom is -0.441 e. The summed E-state index contributed by atoms with van der Waals surface area (Å²) in [5.74, 6) is 1.76. The Morgan fingerprint density at radius 1 is 1.24 bits per heavy atom. The molecule has 21 heavy (non-hydrogen) atoms. The van der Waals surface area contributed by atoms with Gasteiger partial charge < -0.3 is 4.74 Å². The van der Waals surface area contributed by atoms with Crippen molar-refractivity contribution in [3.8, 4) is 0 Å². The van der Waals surface area contributed by atoms with E-state index in [9.17, 15) is 4.79 Å². The first-order chi connectivity index (χ1) is 9.96. The zero-order valence-corrected chi connectivity index (χ0v) is 13.9. The Bertz CT molecular complexity index is 511. The molecule has 4 heteroatoms. The summed E-state index contributed by atoms with van der Waals surface area (Å²) in [7, 11) is 0. The van der Waals surface area contributed by atoms with Gasteiger partial charge in [-0.2, -0.15) is 0 Å². The number of hydrogen-bond acceptors (Lipinski definition) is 2. The zero-order chi connectivity index (χ0) is 15.0. The van der Waals surface area contributed by atoms with Crippen LogP contribution in [0.4, 0.5) is 4.79 Å². The first-order valence-corrected chi connectivity index (χ1v) is 9.09. The Morgan fingerprint density at radius 2 is 1.95 bits per heavy atom. The smallest absolute Gasteiger partial charge is 0.441 e. The van der Waals surface area contributed by atoms with Crippen molar-refractivity contribution in [2.24, 2.45) is 5.92 Å². The molecule has 0 aromatic heterocycles. The van der Waals surface area contributed by atoms with E-state index >= 15 is 0 Å². The second-order valence-electron chi connectivity index (χ2n) is 6.91. The molecule has 3 atom stereocenters. The highest BCUT2D eigenvalue weighted by Crippen LogP contribution is 2.43. The minimum atomic E-state index is -0.431. The number of amides is 1. The Balaban J connectivity index is 1.87. The van der Waals surface area contributed by atoms with E-state index in [-0.39, 0.29) is 17.2 Å². The quantitative estimate of drug-likeness (QED) is 0.734. The van der Waals surface area contributed by atoms with E-state index in [4.69, 9.17) is 4.74 Å². The fourth-order valence-corrected chi connectivity index (χ4v) is 5.95. The third-order valence-corrected chi connectivity index (χ3v) is 6.57. The Morgan fingerprint density at radius 3 is 2.62 bits per heavy atom. The number of rotatable bonds is 1. The monoisotopic (exact) mass is 306 g/mol. The number of carbonyl (C=O) groups is 1. The number of carbonyl (C=O) groups excluding carboxylic acids is 1. The fourth-order valence-electron chi connectivity index (χ4n) is 3.29. The number of nitrogens with zero attached hydrogens (tertiary/aromatic N) is 1. The Kier molecular flexibility index (Phi) is 3.91. The van der Waals surface area contributed by atoms with E-state index in [1.807, 2.05) is 26.8 Å². The molecule has 1 aromatic carbocycles. The van der Waals surface area contributed by atoms with Gasteiger partial charge in [-0.1, -0.05) is 24.6 Å². The van der Waals surface area contributed by atoms with Crippen LogP contribution in [-0.2, 0) is 15.8 Å². The summed E-state index contributed by atoms with van der Waals surface area (Å²) in [5.41, 5.74) is -0.431. The number of benzene rings is 1. The lowest BCUT2D eigenvalue weighted by molar-refractivity contribution is 0.0350. The van der Waals surface area contributed by atoms with Gasteiger partial charge in [0.2, 0.25) is 0 Å². The molecular formula is C17H24NO2S+. The van der Waals surface area contributed by atoms with Crippen molar-refractivity contribution < 1.29 is 9.53 Å². The lowest BCUT2D eigenvalue weighted by atomic mass is 10.1. The van der Waals surface area contributed by atoms with Gasteiger partial charge in [-0.25, -0.2) is 4.79 Å². The van der Waals surface area contributed by atoms with Gasteiger partial charge in [0, 0.05) is 5.92 Å². The van der Waals surface area contributed by atoms with Gasteiger partial charge >= 0.3 is 6.09 Å². The van der Waals surface area contributed by atoms with Crippen molar-refractivity contribution in [2.75, 3.05) is 5.75 Å². The molecule has 1 heterocycles. The third-order valence-electron chi connectivity index (χ3n) is 4.12. The Hall–Kier alpha value is -1.16. The molecule has 0 N–H and O–H groups in total. The number of ether oxygens (including phenoxy) is 1. The number of hydrogen-bond donors (Lipinski definition) is 0. The molecule has 114 valence electrons. The molecule has 2 fully saturated rings. The SMILES string of the molecule is CC(C)(C)OC(=O)N1[C@H]2CCC[C@H]2C[S+]1c1ccccc1. The summed E-state index contributed by atoms with van der Waals surface area (Å²) in [4.78, 5) is 14.0. The topological polar surface area (TPSA) is 29.5 Å². The summed E-state index contributed by atoms with van der Waals surface area (Å²) >= 11 is -0.143. The van der Waals surface area contributed by atoms with Crippen LogP contribution in [0, 0.1) is 5.92 Å². The largest absolute Gasteiger partial charge is 0.452 e. The lowest BCUT2D eigenvalue weighted by Gasteiger charge is -2.25. The zero-order valence-electron chi connectivity index (χ0n) is 13.0. The fraction of sp³-hybridized carbons (Fsp3) is 0.588. The summed E-state index contributed by atoms with van der Waals surface area (Å²) in [6.45, 7) is 5.81. The van der Waals surface area contributed by atoms with Crippen LogP contribution >= 0.6 is 0 Å². The average Bonchev–Trinajstić information content (AvgIpc) is 2.97.